The first-order valence-corrected chi connectivity index (χ1v) is 8.92. The summed E-state index contributed by atoms with van der Waals surface area (Å²) in [5.74, 6) is 0.570. The number of hydrogen-bond donors (Lipinski definition) is 0. The number of aromatic nitrogens is 2. The molecule has 6 heteroatoms. The maximum absolute atomic E-state index is 6.38. The van der Waals surface area contributed by atoms with Gasteiger partial charge in [0.1, 0.15) is 12.4 Å². The molecule has 2 aromatic carbocycles. The standard InChI is InChI=1S/C19H16Cl3N2O/c1-12(2)24-18(11-25-14-6-3-5-13(20)9-14)15(10-23-24)19-16(21)7-4-8-17(19)22/h3-8,10,12H,11H2,1-2H3. The second-order valence-corrected chi connectivity index (χ2v) is 7.01. The maximum atomic E-state index is 6.38. The minimum Gasteiger partial charge on any atom is -0.487 e. The van der Waals surface area contributed by atoms with Gasteiger partial charge in [0.2, 0.25) is 0 Å². The molecule has 0 aliphatic carbocycles. The van der Waals surface area contributed by atoms with Crippen LogP contribution in [0.2, 0.25) is 15.1 Å². The summed E-state index contributed by atoms with van der Waals surface area (Å²) in [6.45, 7) is 4.41. The number of ether oxygens (including phenoxy) is 1. The number of nitrogens with zero attached hydrogens (tertiary/aromatic N) is 2. The van der Waals surface area contributed by atoms with Gasteiger partial charge in [-0.05, 0) is 38.1 Å². The van der Waals surface area contributed by atoms with Gasteiger partial charge >= 0.3 is 0 Å². The SMILES string of the molecule is CC(C)n1ncc(-c2c(Cl)cccc2Cl)c1COc1[c]c(Cl)ccc1. The predicted molar refractivity (Wildman–Crippen MR) is 103 cm³/mol. The van der Waals surface area contributed by atoms with Crippen molar-refractivity contribution in [2.45, 2.75) is 26.5 Å². The van der Waals surface area contributed by atoms with Crippen LogP contribution in [0.1, 0.15) is 25.6 Å². The molecule has 129 valence electrons. The summed E-state index contributed by atoms with van der Waals surface area (Å²) < 4.78 is 7.78. The van der Waals surface area contributed by atoms with E-state index in [1.165, 1.54) is 0 Å². The minimum atomic E-state index is 0.164. The lowest BCUT2D eigenvalue weighted by Gasteiger charge is -2.15. The Bertz CT molecular complexity index is 870. The lowest BCUT2D eigenvalue weighted by Crippen LogP contribution is -2.10. The Morgan fingerprint density at radius 3 is 2.40 bits per heavy atom. The third kappa shape index (κ3) is 3.95. The molecule has 0 spiro atoms. The van der Waals surface area contributed by atoms with E-state index in [2.05, 4.69) is 25.0 Å². The van der Waals surface area contributed by atoms with Crippen LogP contribution < -0.4 is 4.74 Å². The highest BCUT2D eigenvalue weighted by atomic mass is 35.5. The van der Waals surface area contributed by atoms with E-state index < -0.39 is 0 Å². The maximum Gasteiger partial charge on any atom is 0.131 e. The monoisotopic (exact) mass is 393 g/mol. The van der Waals surface area contributed by atoms with Crippen molar-refractivity contribution in [1.82, 2.24) is 9.78 Å². The van der Waals surface area contributed by atoms with E-state index in [-0.39, 0.29) is 6.04 Å². The summed E-state index contributed by atoms with van der Waals surface area (Å²) in [5.41, 5.74) is 2.50. The highest BCUT2D eigenvalue weighted by molar-refractivity contribution is 6.39. The van der Waals surface area contributed by atoms with E-state index in [0.717, 1.165) is 16.8 Å². The van der Waals surface area contributed by atoms with E-state index in [1.807, 2.05) is 35.0 Å². The van der Waals surface area contributed by atoms with Crippen molar-refractivity contribution < 1.29 is 4.74 Å². The quantitative estimate of drug-likeness (QED) is 0.496. The van der Waals surface area contributed by atoms with Gasteiger partial charge in [0.25, 0.3) is 0 Å². The predicted octanol–water partition coefficient (Wildman–Crippen LogP) is 6.47. The molecule has 0 aliphatic rings. The first-order valence-electron chi connectivity index (χ1n) is 7.78. The van der Waals surface area contributed by atoms with Gasteiger partial charge in [0.15, 0.2) is 0 Å². The van der Waals surface area contributed by atoms with E-state index in [1.54, 1.807) is 12.3 Å². The van der Waals surface area contributed by atoms with Crippen molar-refractivity contribution >= 4 is 34.8 Å². The average molecular weight is 395 g/mol. The molecule has 0 N–H and O–H groups in total. The normalized spacial score (nSPS) is 11.1. The summed E-state index contributed by atoms with van der Waals surface area (Å²) in [6, 6.07) is 13.9. The van der Waals surface area contributed by atoms with Crippen LogP contribution in [-0.4, -0.2) is 9.78 Å². The van der Waals surface area contributed by atoms with Crippen molar-refractivity contribution in [2.75, 3.05) is 0 Å². The van der Waals surface area contributed by atoms with Crippen molar-refractivity contribution in [3.63, 3.8) is 0 Å². The summed E-state index contributed by atoms with van der Waals surface area (Å²) in [5, 5.41) is 6.14. The fourth-order valence-corrected chi connectivity index (χ4v) is 3.36. The average Bonchev–Trinajstić information content (AvgIpc) is 2.97. The van der Waals surface area contributed by atoms with Crippen LogP contribution in [0, 0.1) is 6.07 Å². The Balaban J connectivity index is 2.01. The van der Waals surface area contributed by atoms with Crippen LogP contribution in [-0.2, 0) is 6.61 Å². The Morgan fingerprint density at radius 2 is 1.76 bits per heavy atom. The summed E-state index contributed by atoms with van der Waals surface area (Å²) >= 11 is 18.7. The topological polar surface area (TPSA) is 27.1 Å². The van der Waals surface area contributed by atoms with Crippen molar-refractivity contribution in [3.05, 3.63) is 69.4 Å². The molecule has 0 fully saturated rings. The highest BCUT2D eigenvalue weighted by Gasteiger charge is 2.19. The molecule has 0 amide bonds. The number of rotatable bonds is 5. The molecule has 25 heavy (non-hydrogen) atoms. The molecule has 3 rings (SSSR count). The van der Waals surface area contributed by atoms with Gasteiger partial charge in [0.05, 0.1) is 27.0 Å². The van der Waals surface area contributed by atoms with Crippen molar-refractivity contribution in [3.8, 4) is 16.9 Å². The van der Waals surface area contributed by atoms with Crippen molar-refractivity contribution in [2.24, 2.45) is 0 Å². The lowest BCUT2D eigenvalue weighted by atomic mass is 10.1. The van der Waals surface area contributed by atoms with Gasteiger partial charge in [-0.25, -0.2) is 0 Å². The molecule has 1 aromatic heterocycles. The molecule has 1 heterocycles. The van der Waals surface area contributed by atoms with E-state index in [0.29, 0.717) is 27.4 Å². The van der Waals surface area contributed by atoms with Gasteiger partial charge in [-0.3, -0.25) is 4.68 Å². The smallest absolute Gasteiger partial charge is 0.131 e. The molecule has 0 unspecified atom stereocenters. The fourth-order valence-electron chi connectivity index (χ4n) is 2.59. The first-order chi connectivity index (χ1) is 12.0. The lowest BCUT2D eigenvalue weighted by molar-refractivity contribution is 0.288. The van der Waals surface area contributed by atoms with Gasteiger partial charge in [0, 0.05) is 23.2 Å². The van der Waals surface area contributed by atoms with Gasteiger partial charge in [-0.15, -0.1) is 0 Å². The molecule has 1 radical (unpaired) electrons. The van der Waals surface area contributed by atoms with E-state index in [9.17, 15) is 0 Å². The number of hydrogen-bond acceptors (Lipinski definition) is 2. The van der Waals surface area contributed by atoms with Gasteiger partial charge in [-0.2, -0.15) is 5.10 Å². The summed E-state index contributed by atoms with van der Waals surface area (Å²) in [4.78, 5) is 0. The van der Waals surface area contributed by atoms with Crippen LogP contribution in [0.4, 0.5) is 0 Å². The number of halogens is 3. The largest absolute Gasteiger partial charge is 0.487 e. The molecule has 0 aliphatic heterocycles. The summed E-state index contributed by atoms with van der Waals surface area (Å²) in [6.07, 6.45) is 1.77. The van der Waals surface area contributed by atoms with Gasteiger partial charge < -0.3 is 4.74 Å². The number of benzene rings is 2. The first kappa shape index (κ1) is 18.1. The zero-order chi connectivity index (χ0) is 18.0. The third-order valence-corrected chi connectivity index (χ3v) is 4.57. The van der Waals surface area contributed by atoms with Crippen LogP contribution in [0.15, 0.2) is 42.6 Å². The second kappa shape index (κ2) is 7.69. The zero-order valence-corrected chi connectivity index (χ0v) is 16.0. The zero-order valence-electron chi connectivity index (χ0n) is 13.8. The molecular weight excluding hydrogens is 379 g/mol. The third-order valence-electron chi connectivity index (χ3n) is 3.72. The van der Waals surface area contributed by atoms with Crippen LogP contribution in [0.5, 0.6) is 5.75 Å². The van der Waals surface area contributed by atoms with E-state index in [4.69, 9.17) is 39.5 Å². The van der Waals surface area contributed by atoms with E-state index >= 15 is 0 Å². The highest BCUT2D eigenvalue weighted by Crippen LogP contribution is 2.37. The molecule has 0 saturated carbocycles. The molecular formula is C19H16Cl3N2O. The fraction of sp³-hybridized carbons (Fsp3) is 0.211. The second-order valence-electron chi connectivity index (χ2n) is 5.79. The van der Waals surface area contributed by atoms with Crippen LogP contribution in [0.25, 0.3) is 11.1 Å². The Morgan fingerprint density at radius 1 is 1.08 bits per heavy atom. The van der Waals surface area contributed by atoms with Crippen molar-refractivity contribution in [1.29, 1.82) is 0 Å². The van der Waals surface area contributed by atoms with Crippen LogP contribution in [0.3, 0.4) is 0 Å². The molecule has 0 bridgehead atoms. The molecule has 0 saturated heterocycles. The molecule has 3 nitrogen and oxygen atoms in total. The Hall–Kier alpha value is -1.68. The minimum absolute atomic E-state index is 0.164. The Kier molecular flexibility index (Phi) is 5.57. The molecule has 0 atom stereocenters. The molecule has 3 aromatic rings. The van der Waals surface area contributed by atoms with Crippen LogP contribution >= 0.6 is 34.8 Å². The Labute approximate surface area is 162 Å². The van der Waals surface area contributed by atoms with Gasteiger partial charge in [-0.1, -0.05) is 46.9 Å². The summed E-state index contributed by atoms with van der Waals surface area (Å²) in [7, 11) is 0.